The number of hydrogen-bond donors (Lipinski definition) is 2. The van der Waals surface area contributed by atoms with Gasteiger partial charge in [-0.25, -0.2) is 14.4 Å². The van der Waals surface area contributed by atoms with Crippen LogP contribution in [0.4, 0.5) is 10.1 Å². The van der Waals surface area contributed by atoms with Crippen molar-refractivity contribution in [1.29, 1.82) is 0 Å². The molecule has 0 bridgehead atoms. The van der Waals surface area contributed by atoms with Gasteiger partial charge in [0.1, 0.15) is 11.0 Å². The van der Waals surface area contributed by atoms with Gasteiger partial charge in [-0.2, -0.15) is 0 Å². The molecule has 3 N–H and O–H groups in total. The molecule has 1 unspecified atom stereocenters. The summed E-state index contributed by atoms with van der Waals surface area (Å²) in [5.74, 6) is -0.185. The van der Waals surface area contributed by atoms with Gasteiger partial charge in [0.25, 0.3) is 0 Å². The second-order valence-electron chi connectivity index (χ2n) is 5.52. The van der Waals surface area contributed by atoms with E-state index in [2.05, 4.69) is 9.97 Å². The van der Waals surface area contributed by atoms with Crippen molar-refractivity contribution in [2.24, 2.45) is 5.92 Å². The summed E-state index contributed by atoms with van der Waals surface area (Å²) in [5, 5.41) is 10.2. The van der Waals surface area contributed by atoms with Gasteiger partial charge in [-0.1, -0.05) is 13.8 Å². The maximum Gasteiger partial charge on any atom is 0.240 e. The fraction of sp³-hybridized carbons (Fsp3) is 0.250. The van der Waals surface area contributed by atoms with Crippen molar-refractivity contribution in [3.63, 3.8) is 0 Å². The van der Waals surface area contributed by atoms with E-state index in [1.807, 2.05) is 13.8 Å². The predicted molar refractivity (Wildman–Crippen MR) is 88.1 cm³/mol. The third kappa shape index (κ3) is 3.11. The summed E-state index contributed by atoms with van der Waals surface area (Å²) in [5.41, 5.74) is 6.51. The van der Waals surface area contributed by atoms with Gasteiger partial charge in [0.05, 0.1) is 11.6 Å². The average Bonchev–Trinajstić information content (AvgIpc) is 2.94. The molecule has 0 amide bonds. The Bertz CT molecular complexity index is 850. The fourth-order valence-corrected chi connectivity index (χ4v) is 3.30. The number of aromatic nitrogens is 2. The van der Waals surface area contributed by atoms with Gasteiger partial charge >= 0.3 is 0 Å². The molecule has 0 saturated heterocycles. The first kappa shape index (κ1) is 15.6. The molecule has 5 nitrogen and oxygen atoms in total. The van der Waals surface area contributed by atoms with Crippen LogP contribution in [0, 0.1) is 11.7 Å². The standard InChI is InChI=1S/C16H16FN3O2S/c1-8(2)14(21)13-6-11-15(23-13)16(20-7-19-11)22-12-4-3-9(18)5-10(12)17/h3-8,14,21H,18H2,1-2H3. The molecule has 0 aliphatic carbocycles. The highest BCUT2D eigenvalue weighted by molar-refractivity contribution is 7.19. The Morgan fingerprint density at radius 1 is 1.26 bits per heavy atom. The van der Waals surface area contributed by atoms with E-state index in [1.54, 1.807) is 12.1 Å². The number of aliphatic hydroxyl groups excluding tert-OH is 1. The minimum Gasteiger partial charge on any atom is -0.434 e. The summed E-state index contributed by atoms with van der Waals surface area (Å²) in [6.07, 6.45) is 0.765. The van der Waals surface area contributed by atoms with E-state index in [0.717, 1.165) is 4.88 Å². The quantitative estimate of drug-likeness (QED) is 0.708. The third-order valence-electron chi connectivity index (χ3n) is 3.38. The van der Waals surface area contributed by atoms with E-state index in [9.17, 15) is 9.50 Å². The lowest BCUT2D eigenvalue weighted by molar-refractivity contribution is 0.130. The number of nitrogens with two attached hydrogens (primary N) is 1. The van der Waals surface area contributed by atoms with Crippen LogP contribution in [0.2, 0.25) is 0 Å². The highest BCUT2D eigenvalue weighted by atomic mass is 32.1. The van der Waals surface area contributed by atoms with Crippen LogP contribution in [0.1, 0.15) is 24.8 Å². The van der Waals surface area contributed by atoms with Crippen LogP contribution in [0.25, 0.3) is 10.2 Å². The molecule has 0 saturated carbocycles. The number of anilines is 1. The Balaban J connectivity index is 2.00. The van der Waals surface area contributed by atoms with E-state index in [0.29, 0.717) is 15.9 Å². The summed E-state index contributed by atoms with van der Waals surface area (Å²) < 4.78 is 20.1. The maximum atomic E-state index is 13.9. The second-order valence-corrected chi connectivity index (χ2v) is 6.61. The van der Waals surface area contributed by atoms with Crippen LogP contribution in [0.3, 0.4) is 0 Å². The smallest absolute Gasteiger partial charge is 0.240 e. The normalized spacial score (nSPS) is 12.7. The molecular formula is C16H16FN3O2S. The van der Waals surface area contributed by atoms with Crippen molar-refractivity contribution in [3.05, 3.63) is 41.3 Å². The molecule has 7 heteroatoms. The minimum absolute atomic E-state index is 0.0403. The molecule has 120 valence electrons. The first-order valence-electron chi connectivity index (χ1n) is 7.11. The van der Waals surface area contributed by atoms with Crippen molar-refractivity contribution in [2.75, 3.05) is 5.73 Å². The zero-order chi connectivity index (χ0) is 16.6. The Hall–Kier alpha value is -2.25. The summed E-state index contributed by atoms with van der Waals surface area (Å²) >= 11 is 1.34. The molecule has 2 aromatic heterocycles. The zero-order valence-electron chi connectivity index (χ0n) is 12.7. The third-order valence-corrected chi connectivity index (χ3v) is 4.57. The largest absolute Gasteiger partial charge is 0.434 e. The molecule has 1 aromatic carbocycles. The molecular weight excluding hydrogens is 317 g/mol. The zero-order valence-corrected chi connectivity index (χ0v) is 13.5. The molecule has 2 heterocycles. The van der Waals surface area contributed by atoms with Crippen LogP contribution in [0.5, 0.6) is 11.6 Å². The molecule has 0 aliphatic rings. The molecule has 0 fully saturated rings. The number of hydrogen-bond acceptors (Lipinski definition) is 6. The molecule has 1 atom stereocenters. The summed E-state index contributed by atoms with van der Waals surface area (Å²) in [6, 6.07) is 6.00. The second kappa shape index (κ2) is 6.10. The SMILES string of the molecule is CC(C)C(O)c1cc2ncnc(Oc3ccc(N)cc3F)c2s1. The van der Waals surface area contributed by atoms with E-state index in [1.165, 1.54) is 29.8 Å². The molecule has 0 spiro atoms. The fourth-order valence-electron chi connectivity index (χ4n) is 2.10. The van der Waals surface area contributed by atoms with Crippen LogP contribution >= 0.6 is 11.3 Å². The minimum atomic E-state index is -0.588. The van der Waals surface area contributed by atoms with Gasteiger partial charge in [0, 0.05) is 16.6 Å². The van der Waals surface area contributed by atoms with E-state index in [4.69, 9.17) is 10.5 Å². The number of nitrogens with zero attached hydrogens (tertiary/aromatic N) is 2. The van der Waals surface area contributed by atoms with Gasteiger partial charge in [0.2, 0.25) is 5.88 Å². The van der Waals surface area contributed by atoms with E-state index >= 15 is 0 Å². The van der Waals surface area contributed by atoms with Crippen LogP contribution in [-0.2, 0) is 0 Å². The lowest BCUT2D eigenvalue weighted by atomic mass is 10.1. The lowest BCUT2D eigenvalue weighted by Gasteiger charge is -2.11. The van der Waals surface area contributed by atoms with Crippen LogP contribution in [-0.4, -0.2) is 15.1 Å². The van der Waals surface area contributed by atoms with Gasteiger partial charge < -0.3 is 15.6 Å². The van der Waals surface area contributed by atoms with Crippen molar-refractivity contribution < 1.29 is 14.2 Å². The predicted octanol–water partition coefficient (Wildman–Crippen LogP) is 3.89. The number of aliphatic hydroxyl groups is 1. The molecule has 3 rings (SSSR count). The van der Waals surface area contributed by atoms with Crippen molar-refractivity contribution in [3.8, 4) is 11.6 Å². The first-order chi connectivity index (χ1) is 11.0. The van der Waals surface area contributed by atoms with Gasteiger partial charge in [-0.05, 0) is 24.1 Å². The van der Waals surface area contributed by atoms with Gasteiger partial charge in [0.15, 0.2) is 11.6 Å². The number of rotatable bonds is 4. The van der Waals surface area contributed by atoms with Crippen LogP contribution in [0.15, 0.2) is 30.6 Å². The number of nitrogen functional groups attached to an aromatic ring is 1. The molecule has 0 radical (unpaired) electrons. The van der Waals surface area contributed by atoms with Crippen molar-refractivity contribution in [1.82, 2.24) is 9.97 Å². The highest BCUT2D eigenvalue weighted by Crippen LogP contribution is 2.37. The van der Waals surface area contributed by atoms with E-state index < -0.39 is 11.9 Å². The molecule has 3 aromatic rings. The highest BCUT2D eigenvalue weighted by Gasteiger charge is 2.18. The Morgan fingerprint density at radius 2 is 2.04 bits per heavy atom. The molecule has 23 heavy (non-hydrogen) atoms. The Kier molecular flexibility index (Phi) is 4.14. The Labute approximate surface area is 136 Å². The lowest BCUT2D eigenvalue weighted by Crippen LogP contribution is -2.02. The number of thiophene rings is 1. The number of ether oxygens (including phenoxy) is 1. The Morgan fingerprint density at radius 3 is 2.74 bits per heavy atom. The number of benzene rings is 1. The molecule has 0 aliphatic heterocycles. The summed E-state index contributed by atoms with van der Waals surface area (Å²) in [6.45, 7) is 3.86. The van der Waals surface area contributed by atoms with Gasteiger partial charge in [-0.3, -0.25) is 0 Å². The number of fused-ring (bicyclic) bond motifs is 1. The topological polar surface area (TPSA) is 81.3 Å². The summed E-state index contributed by atoms with van der Waals surface area (Å²) in [7, 11) is 0. The van der Waals surface area contributed by atoms with Crippen molar-refractivity contribution >= 4 is 27.2 Å². The average molecular weight is 333 g/mol. The first-order valence-corrected chi connectivity index (χ1v) is 7.92. The van der Waals surface area contributed by atoms with Gasteiger partial charge in [-0.15, -0.1) is 11.3 Å². The van der Waals surface area contributed by atoms with E-state index in [-0.39, 0.29) is 17.5 Å². The van der Waals surface area contributed by atoms with Crippen LogP contribution < -0.4 is 10.5 Å². The summed E-state index contributed by atoms with van der Waals surface area (Å²) in [4.78, 5) is 9.03. The monoisotopic (exact) mass is 333 g/mol. The number of halogens is 1. The maximum absolute atomic E-state index is 13.9. The van der Waals surface area contributed by atoms with Crippen molar-refractivity contribution in [2.45, 2.75) is 20.0 Å².